The third kappa shape index (κ3) is 4.13. The van der Waals surface area contributed by atoms with Gasteiger partial charge in [0.2, 0.25) is 0 Å². The fourth-order valence-corrected chi connectivity index (χ4v) is 0.642. The molecule has 0 aliphatic carbocycles. The molecule has 0 aliphatic heterocycles. The zero-order valence-corrected chi connectivity index (χ0v) is 6.67. The fourth-order valence-electron chi connectivity index (χ4n) is 0.642. The Hall–Kier alpha value is -0.790. The standard InChI is InChI=1S/C8H15NO/c1-3-5-6-7-8(4-2)9-10/h5-6,10H,3-4,7H2,1-2H3. The average molecular weight is 141 g/mol. The Kier molecular flexibility index (Phi) is 5.83. The van der Waals surface area contributed by atoms with Crippen molar-refractivity contribution in [2.45, 2.75) is 33.1 Å². The van der Waals surface area contributed by atoms with Gasteiger partial charge in [0.1, 0.15) is 0 Å². The van der Waals surface area contributed by atoms with E-state index in [-0.39, 0.29) is 0 Å². The third-order valence-electron chi connectivity index (χ3n) is 1.31. The van der Waals surface area contributed by atoms with Crippen LogP contribution in [-0.4, -0.2) is 10.9 Å². The minimum absolute atomic E-state index is 0.779. The van der Waals surface area contributed by atoms with Crippen LogP contribution < -0.4 is 0 Å². The molecule has 58 valence electrons. The number of allylic oxidation sites excluding steroid dienone is 2. The first-order chi connectivity index (χ1) is 4.85. The van der Waals surface area contributed by atoms with E-state index in [1.807, 2.05) is 13.0 Å². The molecule has 0 atom stereocenters. The molecule has 0 rings (SSSR count). The third-order valence-corrected chi connectivity index (χ3v) is 1.31. The molecule has 0 unspecified atom stereocenters. The minimum Gasteiger partial charge on any atom is -0.411 e. The molecule has 0 amide bonds. The van der Waals surface area contributed by atoms with Crippen LogP contribution in [0.2, 0.25) is 0 Å². The summed E-state index contributed by atoms with van der Waals surface area (Å²) >= 11 is 0. The van der Waals surface area contributed by atoms with Crippen LogP contribution in [0.4, 0.5) is 0 Å². The van der Waals surface area contributed by atoms with E-state index < -0.39 is 0 Å². The van der Waals surface area contributed by atoms with E-state index >= 15 is 0 Å². The molecule has 1 N–H and O–H groups in total. The summed E-state index contributed by atoms with van der Waals surface area (Å²) in [7, 11) is 0. The summed E-state index contributed by atoms with van der Waals surface area (Å²) in [6, 6.07) is 0. The Balaban J connectivity index is 3.55. The van der Waals surface area contributed by atoms with E-state index in [2.05, 4.69) is 18.2 Å². The number of oxime groups is 1. The summed E-state index contributed by atoms with van der Waals surface area (Å²) in [6.45, 7) is 4.06. The molecule has 2 nitrogen and oxygen atoms in total. The van der Waals surface area contributed by atoms with Crippen molar-refractivity contribution in [3.63, 3.8) is 0 Å². The van der Waals surface area contributed by atoms with Crippen molar-refractivity contribution < 1.29 is 5.21 Å². The van der Waals surface area contributed by atoms with Gasteiger partial charge in [-0.25, -0.2) is 0 Å². The van der Waals surface area contributed by atoms with Gasteiger partial charge in [-0.15, -0.1) is 0 Å². The highest BCUT2D eigenvalue weighted by Gasteiger charge is 1.90. The second kappa shape index (κ2) is 6.33. The predicted octanol–water partition coefficient (Wildman–Crippen LogP) is 2.58. The van der Waals surface area contributed by atoms with Gasteiger partial charge in [0.25, 0.3) is 0 Å². The Morgan fingerprint density at radius 1 is 1.40 bits per heavy atom. The molecule has 0 spiro atoms. The van der Waals surface area contributed by atoms with Crippen LogP contribution in [0.1, 0.15) is 33.1 Å². The highest BCUT2D eigenvalue weighted by atomic mass is 16.4. The Labute approximate surface area is 62.2 Å². The summed E-state index contributed by atoms with van der Waals surface area (Å²) in [5.74, 6) is 0. The molecule has 0 radical (unpaired) electrons. The van der Waals surface area contributed by atoms with Crippen LogP contribution in [0.15, 0.2) is 17.3 Å². The highest BCUT2D eigenvalue weighted by molar-refractivity contribution is 5.84. The van der Waals surface area contributed by atoms with Crippen molar-refractivity contribution in [3.8, 4) is 0 Å². The van der Waals surface area contributed by atoms with E-state index in [0.29, 0.717) is 0 Å². The minimum atomic E-state index is 0.779. The topological polar surface area (TPSA) is 32.6 Å². The number of hydrogen-bond acceptors (Lipinski definition) is 2. The lowest BCUT2D eigenvalue weighted by Gasteiger charge is -1.92. The van der Waals surface area contributed by atoms with Crippen LogP contribution in [0.3, 0.4) is 0 Å². The van der Waals surface area contributed by atoms with Gasteiger partial charge in [0.05, 0.1) is 5.71 Å². The summed E-state index contributed by atoms with van der Waals surface area (Å²) < 4.78 is 0. The number of hydrogen-bond donors (Lipinski definition) is 1. The lowest BCUT2D eigenvalue weighted by atomic mass is 10.2. The molecule has 0 aromatic rings. The zero-order chi connectivity index (χ0) is 7.82. The van der Waals surface area contributed by atoms with Crippen LogP contribution in [0.5, 0.6) is 0 Å². The molecule has 0 saturated carbocycles. The van der Waals surface area contributed by atoms with Crippen molar-refractivity contribution >= 4 is 5.71 Å². The highest BCUT2D eigenvalue weighted by Crippen LogP contribution is 1.94. The number of nitrogens with zero attached hydrogens (tertiary/aromatic N) is 1. The van der Waals surface area contributed by atoms with Crippen LogP contribution >= 0.6 is 0 Å². The van der Waals surface area contributed by atoms with E-state index in [9.17, 15) is 0 Å². The van der Waals surface area contributed by atoms with Crippen LogP contribution in [0.25, 0.3) is 0 Å². The smallest absolute Gasteiger partial charge is 0.0605 e. The normalized spacial score (nSPS) is 12.8. The first-order valence-corrected chi connectivity index (χ1v) is 3.69. The Bertz CT molecular complexity index is 127. The molecule has 0 heterocycles. The molecule has 0 aliphatic rings. The maximum atomic E-state index is 8.38. The van der Waals surface area contributed by atoms with Crippen molar-refractivity contribution in [2.24, 2.45) is 5.16 Å². The van der Waals surface area contributed by atoms with Gasteiger partial charge in [-0.3, -0.25) is 0 Å². The number of rotatable bonds is 4. The molecular weight excluding hydrogens is 126 g/mol. The summed E-state index contributed by atoms with van der Waals surface area (Å²) in [5.41, 5.74) is 0.838. The molecule has 0 aromatic carbocycles. The van der Waals surface area contributed by atoms with Gasteiger partial charge in [-0.05, 0) is 12.8 Å². The molecule has 0 saturated heterocycles. The molecule has 10 heavy (non-hydrogen) atoms. The fraction of sp³-hybridized carbons (Fsp3) is 0.625. The van der Waals surface area contributed by atoms with Crippen molar-refractivity contribution in [2.75, 3.05) is 0 Å². The maximum Gasteiger partial charge on any atom is 0.0605 e. The average Bonchev–Trinajstić information content (AvgIpc) is 1.99. The van der Waals surface area contributed by atoms with Gasteiger partial charge in [-0.1, -0.05) is 31.2 Å². The SMILES string of the molecule is CCC=CCC(CC)=NO. The van der Waals surface area contributed by atoms with Gasteiger partial charge < -0.3 is 5.21 Å². The van der Waals surface area contributed by atoms with Gasteiger partial charge in [0.15, 0.2) is 0 Å². The predicted molar refractivity (Wildman–Crippen MR) is 43.6 cm³/mol. The first-order valence-electron chi connectivity index (χ1n) is 3.69. The van der Waals surface area contributed by atoms with Crippen molar-refractivity contribution in [1.29, 1.82) is 0 Å². The molecule has 0 aromatic heterocycles. The van der Waals surface area contributed by atoms with E-state index in [4.69, 9.17) is 5.21 Å². The van der Waals surface area contributed by atoms with E-state index in [1.165, 1.54) is 0 Å². The summed E-state index contributed by atoms with van der Waals surface area (Å²) in [4.78, 5) is 0. The quantitative estimate of drug-likeness (QED) is 0.277. The lowest BCUT2D eigenvalue weighted by molar-refractivity contribution is 0.317. The monoisotopic (exact) mass is 141 g/mol. The Morgan fingerprint density at radius 2 is 2.10 bits per heavy atom. The van der Waals surface area contributed by atoms with E-state index in [1.54, 1.807) is 0 Å². The molecular formula is C8H15NO. The molecule has 2 heteroatoms. The lowest BCUT2D eigenvalue weighted by Crippen LogP contribution is -1.92. The van der Waals surface area contributed by atoms with Crippen molar-refractivity contribution in [3.05, 3.63) is 12.2 Å². The largest absolute Gasteiger partial charge is 0.411 e. The van der Waals surface area contributed by atoms with Gasteiger partial charge in [0, 0.05) is 6.42 Å². The van der Waals surface area contributed by atoms with Crippen LogP contribution in [-0.2, 0) is 0 Å². The van der Waals surface area contributed by atoms with Crippen molar-refractivity contribution in [1.82, 2.24) is 0 Å². The first kappa shape index (κ1) is 9.21. The summed E-state index contributed by atoms with van der Waals surface area (Å²) in [5, 5.41) is 11.5. The Morgan fingerprint density at radius 3 is 2.50 bits per heavy atom. The van der Waals surface area contributed by atoms with Gasteiger partial charge >= 0.3 is 0 Å². The summed E-state index contributed by atoms with van der Waals surface area (Å²) in [6.07, 6.45) is 6.74. The van der Waals surface area contributed by atoms with Crippen LogP contribution in [0, 0.1) is 0 Å². The second-order valence-electron chi connectivity index (χ2n) is 2.10. The second-order valence-corrected chi connectivity index (χ2v) is 2.10. The maximum absolute atomic E-state index is 8.38. The van der Waals surface area contributed by atoms with Gasteiger partial charge in [-0.2, -0.15) is 0 Å². The molecule has 0 bridgehead atoms. The molecule has 0 fully saturated rings. The zero-order valence-electron chi connectivity index (χ0n) is 6.67. The van der Waals surface area contributed by atoms with E-state index in [0.717, 1.165) is 25.0 Å².